The minimum atomic E-state index is -0.373. The van der Waals surface area contributed by atoms with Gasteiger partial charge in [0, 0.05) is 10.5 Å². The number of hydrogen-bond acceptors (Lipinski definition) is 3. The fourth-order valence-electron chi connectivity index (χ4n) is 1.62. The highest BCUT2D eigenvalue weighted by molar-refractivity contribution is 9.10. The van der Waals surface area contributed by atoms with Crippen LogP contribution in [0.2, 0.25) is 5.15 Å². The molecule has 0 aliphatic heterocycles. The largest absolute Gasteiger partial charge is 0.265 e. The smallest absolute Gasteiger partial charge is 0.172 e. The van der Waals surface area contributed by atoms with Crippen LogP contribution in [0.25, 0.3) is 17.0 Å². The van der Waals surface area contributed by atoms with Crippen LogP contribution in [0.1, 0.15) is 0 Å². The van der Waals surface area contributed by atoms with Crippen molar-refractivity contribution in [1.82, 2.24) is 19.6 Å². The van der Waals surface area contributed by atoms with E-state index in [2.05, 4.69) is 31.1 Å². The Balaban J connectivity index is 2.28. The van der Waals surface area contributed by atoms with Crippen LogP contribution in [-0.4, -0.2) is 19.6 Å². The zero-order valence-corrected chi connectivity index (χ0v) is 11.2. The van der Waals surface area contributed by atoms with Gasteiger partial charge in [0.15, 0.2) is 11.5 Å². The second-order valence-corrected chi connectivity index (χ2v) is 4.89. The summed E-state index contributed by atoms with van der Waals surface area (Å²) >= 11 is 9.05. The monoisotopic (exact) mass is 326 g/mol. The van der Waals surface area contributed by atoms with Gasteiger partial charge in [-0.1, -0.05) is 27.5 Å². The lowest BCUT2D eigenvalue weighted by Crippen LogP contribution is -1.93. The molecule has 7 heteroatoms. The molecule has 2 heterocycles. The van der Waals surface area contributed by atoms with Crippen LogP contribution in [-0.2, 0) is 0 Å². The van der Waals surface area contributed by atoms with Crippen molar-refractivity contribution in [2.24, 2.45) is 0 Å². The third-order valence-electron chi connectivity index (χ3n) is 2.44. The molecule has 0 aliphatic carbocycles. The lowest BCUT2D eigenvalue weighted by Gasteiger charge is -2.02. The Labute approximate surface area is 115 Å². The first-order valence-corrected chi connectivity index (χ1v) is 6.14. The number of rotatable bonds is 1. The summed E-state index contributed by atoms with van der Waals surface area (Å²) in [6.07, 6.45) is 1.47. The SMILES string of the molecule is Fc1ccc(Br)cc1-c1nnc2cc(Cl)ncn12. The fraction of sp³-hybridized carbons (Fsp3) is 0. The average Bonchev–Trinajstić information content (AvgIpc) is 2.75. The van der Waals surface area contributed by atoms with Crippen molar-refractivity contribution in [2.45, 2.75) is 0 Å². The van der Waals surface area contributed by atoms with Crippen molar-refractivity contribution in [3.05, 3.63) is 46.0 Å². The summed E-state index contributed by atoms with van der Waals surface area (Å²) in [6, 6.07) is 6.19. The fourth-order valence-corrected chi connectivity index (χ4v) is 2.13. The van der Waals surface area contributed by atoms with Gasteiger partial charge in [-0.05, 0) is 18.2 Å². The Morgan fingerprint density at radius 1 is 1.22 bits per heavy atom. The Hall–Kier alpha value is -1.53. The van der Waals surface area contributed by atoms with Gasteiger partial charge in [0.05, 0.1) is 5.56 Å². The lowest BCUT2D eigenvalue weighted by atomic mass is 10.2. The van der Waals surface area contributed by atoms with E-state index in [9.17, 15) is 4.39 Å². The minimum absolute atomic E-state index is 0.316. The Kier molecular flexibility index (Phi) is 2.76. The number of benzene rings is 1. The van der Waals surface area contributed by atoms with Crippen LogP contribution < -0.4 is 0 Å². The Morgan fingerprint density at radius 3 is 2.89 bits per heavy atom. The number of halogens is 3. The van der Waals surface area contributed by atoms with E-state index in [1.165, 1.54) is 12.4 Å². The summed E-state index contributed by atoms with van der Waals surface area (Å²) in [5.74, 6) is 0.00965. The highest BCUT2D eigenvalue weighted by Crippen LogP contribution is 2.25. The molecular weight excluding hydrogens is 323 g/mol. The molecule has 2 aromatic heterocycles. The van der Waals surface area contributed by atoms with Crippen LogP contribution in [0, 0.1) is 5.82 Å². The molecule has 0 saturated carbocycles. The van der Waals surface area contributed by atoms with Gasteiger partial charge >= 0.3 is 0 Å². The number of nitrogens with zero attached hydrogens (tertiary/aromatic N) is 4. The first-order chi connectivity index (χ1) is 8.65. The van der Waals surface area contributed by atoms with Crippen molar-refractivity contribution < 1.29 is 4.39 Å². The first-order valence-electron chi connectivity index (χ1n) is 4.97. The van der Waals surface area contributed by atoms with E-state index in [1.54, 1.807) is 22.6 Å². The molecule has 3 rings (SSSR count). The van der Waals surface area contributed by atoms with Crippen LogP contribution >= 0.6 is 27.5 Å². The predicted octanol–water partition coefficient (Wildman–Crippen LogP) is 3.35. The van der Waals surface area contributed by atoms with Gasteiger partial charge in [0.25, 0.3) is 0 Å². The summed E-state index contributed by atoms with van der Waals surface area (Å²) in [4.78, 5) is 3.93. The van der Waals surface area contributed by atoms with E-state index in [1.807, 2.05) is 0 Å². The third-order valence-corrected chi connectivity index (χ3v) is 3.14. The number of aromatic nitrogens is 4. The van der Waals surface area contributed by atoms with Gasteiger partial charge in [-0.3, -0.25) is 4.40 Å². The molecule has 90 valence electrons. The minimum Gasteiger partial charge on any atom is -0.265 e. The third kappa shape index (κ3) is 1.87. The van der Waals surface area contributed by atoms with Crippen LogP contribution in [0.4, 0.5) is 4.39 Å². The van der Waals surface area contributed by atoms with Crippen LogP contribution in [0.5, 0.6) is 0 Å². The van der Waals surface area contributed by atoms with Gasteiger partial charge in [-0.2, -0.15) is 0 Å². The summed E-state index contributed by atoms with van der Waals surface area (Å²) in [7, 11) is 0. The van der Waals surface area contributed by atoms with Gasteiger partial charge < -0.3 is 0 Å². The van der Waals surface area contributed by atoms with Gasteiger partial charge in [0.2, 0.25) is 0 Å². The normalized spacial score (nSPS) is 11.1. The molecule has 18 heavy (non-hydrogen) atoms. The molecule has 4 nitrogen and oxygen atoms in total. The van der Waals surface area contributed by atoms with Gasteiger partial charge in [-0.15, -0.1) is 10.2 Å². The standard InChI is InChI=1S/C11H5BrClFN4/c12-6-1-2-8(14)7(3-6)11-17-16-10-4-9(13)15-5-18(10)11/h1-5H. The predicted molar refractivity (Wildman–Crippen MR) is 68.9 cm³/mol. The molecule has 0 aliphatic rings. The van der Waals surface area contributed by atoms with E-state index in [0.717, 1.165) is 4.47 Å². The van der Waals surface area contributed by atoms with Crippen LogP contribution in [0.15, 0.2) is 35.1 Å². The molecule has 0 bridgehead atoms. The molecule has 0 radical (unpaired) electrons. The van der Waals surface area contributed by atoms with Crippen molar-refractivity contribution in [2.75, 3.05) is 0 Å². The first kappa shape index (κ1) is 11.6. The van der Waals surface area contributed by atoms with E-state index < -0.39 is 0 Å². The molecule has 0 amide bonds. The molecule has 1 aromatic carbocycles. The van der Waals surface area contributed by atoms with E-state index in [4.69, 9.17) is 11.6 Å². The summed E-state index contributed by atoms with van der Waals surface area (Å²) in [5, 5.41) is 8.21. The molecule has 0 spiro atoms. The van der Waals surface area contributed by atoms with Gasteiger partial charge in [0.1, 0.15) is 17.3 Å². The highest BCUT2D eigenvalue weighted by atomic mass is 79.9. The van der Waals surface area contributed by atoms with Crippen molar-refractivity contribution in [1.29, 1.82) is 0 Å². The second-order valence-electron chi connectivity index (χ2n) is 3.59. The number of hydrogen-bond donors (Lipinski definition) is 0. The maximum Gasteiger partial charge on any atom is 0.172 e. The molecule has 0 N–H and O–H groups in total. The molecule has 0 fully saturated rings. The van der Waals surface area contributed by atoms with E-state index in [0.29, 0.717) is 22.2 Å². The maximum atomic E-state index is 13.8. The molecule has 3 aromatic rings. The Morgan fingerprint density at radius 2 is 2.06 bits per heavy atom. The second kappa shape index (κ2) is 4.29. The summed E-state index contributed by atoms with van der Waals surface area (Å²) in [5.41, 5.74) is 0.866. The zero-order valence-electron chi connectivity index (χ0n) is 8.81. The molecular formula is C11H5BrClFN4. The lowest BCUT2D eigenvalue weighted by molar-refractivity contribution is 0.629. The Bertz CT molecular complexity index is 743. The molecule has 0 atom stereocenters. The summed E-state index contributed by atoms with van der Waals surface area (Å²) in [6.45, 7) is 0. The average molecular weight is 328 g/mol. The van der Waals surface area contributed by atoms with Crippen LogP contribution in [0.3, 0.4) is 0 Å². The van der Waals surface area contributed by atoms with E-state index >= 15 is 0 Å². The van der Waals surface area contributed by atoms with Crippen molar-refractivity contribution in [3.63, 3.8) is 0 Å². The molecule has 0 saturated heterocycles. The topological polar surface area (TPSA) is 43.1 Å². The molecule has 0 unspecified atom stereocenters. The van der Waals surface area contributed by atoms with Gasteiger partial charge in [-0.25, -0.2) is 9.37 Å². The number of fused-ring (bicyclic) bond motifs is 1. The van der Waals surface area contributed by atoms with Crippen molar-refractivity contribution in [3.8, 4) is 11.4 Å². The van der Waals surface area contributed by atoms with E-state index in [-0.39, 0.29) is 5.82 Å². The zero-order chi connectivity index (χ0) is 12.7. The summed E-state index contributed by atoms with van der Waals surface area (Å²) < 4.78 is 16.1. The van der Waals surface area contributed by atoms with Crippen molar-refractivity contribution >= 4 is 33.2 Å². The highest BCUT2D eigenvalue weighted by Gasteiger charge is 2.13. The quantitative estimate of drug-likeness (QED) is 0.644. The maximum absolute atomic E-state index is 13.8.